The number of urea groups is 1. The number of nitrogens with zero attached hydrogens (tertiary/aromatic N) is 2. The maximum Gasteiger partial charge on any atom is 0.327 e. The molecule has 1 saturated carbocycles. The number of carbonyl (C=O) groups excluding carboxylic acids is 2. The Balaban J connectivity index is 1.99. The summed E-state index contributed by atoms with van der Waals surface area (Å²) < 4.78 is 0. The van der Waals surface area contributed by atoms with Crippen LogP contribution in [0.4, 0.5) is 4.79 Å². The molecule has 1 N–H and O–H groups in total. The molecule has 3 amide bonds. The Bertz CT molecular complexity index is 340. The van der Waals surface area contributed by atoms with Crippen molar-refractivity contribution >= 4 is 11.9 Å². The predicted octanol–water partition coefficient (Wildman–Crippen LogP) is 1.44. The van der Waals surface area contributed by atoms with Crippen molar-refractivity contribution in [2.24, 2.45) is 5.92 Å². The van der Waals surface area contributed by atoms with Crippen LogP contribution in [0.15, 0.2) is 0 Å². The molecule has 1 heterocycles. The van der Waals surface area contributed by atoms with E-state index in [1.54, 1.807) is 7.05 Å². The summed E-state index contributed by atoms with van der Waals surface area (Å²) in [5.74, 6) is 0.534. The number of nitrogens with one attached hydrogen (secondary N) is 1. The molecule has 19 heavy (non-hydrogen) atoms. The van der Waals surface area contributed by atoms with Gasteiger partial charge in [-0.1, -0.05) is 26.2 Å². The van der Waals surface area contributed by atoms with Crippen LogP contribution < -0.4 is 5.32 Å². The van der Waals surface area contributed by atoms with Crippen molar-refractivity contribution < 1.29 is 9.59 Å². The monoisotopic (exact) mass is 267 g/mol. The minimum Gasteiger partial charge on any atom is -0.318 e. The predicted molar refractivity (Wildman–Crippen MR) is 73.8 cm³/mol. The Hall–Kier alpha value is -1.10. The van der Waals surface area contributed by atoms with Crippen LogP contribution in [0.2, 0.25) is 0 Å². The summed E-state index contributed by atoms with van der Waals surface area (Å²) in [6.45, 7) is 3.71. The van der Waals surface area contributed by atoms with E-state index in [2.05, 4.69) is 12.2 Å². The van der Waals surface area contributed by atoms with Crippen LogP contribution in [0.1, 0.15) is 39.0 Å². The van der Waals surface area contributed by atoms with Crippen LogP contribution in [0.5, 0.6) is 0 Å². The Labute approximate surface area is 115 Å². The molecule has 2 aliphatic rings. The normalized spacial score (nSPS) is 23.3. The second-order valence-electron chi connectivity index (χ2n) is 5.71. The molecule has 1 aliphatic heterocycles. The Kier molecular flexibility index (Phi) is 4.80. The zero-order valence-electron chi connectivity index (χ0n) is 12.0. The lowest BCUT2D eigenvalue weighted by Crippen LogP contribution is -2.48. The van der Waals surface area contributed by atoms with Gasteiger partial charge in [0, 0.05) is 19.6 Å². The van der Waals surface area contributed by atoms with E-state index in [-0.39, 0.29) is 24.5 Å². The van der Waals surface area contributed by atoms with Crippen LogP contribution in [-0.4, -0.2) is 54.5 Å². The zero-order valence-corrected chi connectivity index (χ0v) is 12.0. The quantitative estimate of drug-likeness (QED) is 0.767. The van der Waals surface area contributed by atoms with Gasteiger partial charge >= 0.3 is 6.03 Å². The van der Waals surface area contributed by atoms with E-state index >= 15 is 0 Å². The van der Waals surface area contributed by atoms with Crippen molar-refractivity contribution in [3.8, 4) is 0 Å². The van der Waals surface area contributed by atoms with Gasteiger partial charge in [-0.25, -0.2) is 4.79 Å². The highest BCUT2D eigenvalue weighted by Gasteiger charge is 2.36. The molecule has 0 radical (unpaired) electrons. The lowest BCUT2D eigenvalue weighted by molar-refractivity contribution is -0.125. The molecule has 0 bridgehead atoms. The Morgan fingerprint density at radius 2 is 1.95 bits per heavy atom. The van der Waals surface area contributed by atoms with Gasteiger partial charge in [0.25, 0.3) is 0 Å². The molecule has 0 aromatic heterocycles. The van der Waals surface area contributed by atoms with E-state index < -0.39 is 0 Å². The molecule has 0 aromatic carbocycles. The van der Waals surface area contributed by atoms with Crippen molar-refractivity contribution in [1.82, 2.24) is 15.1 Å². The molecule has 1 atom stereocenters. The lowest BCUT2D eigenvalue weighted by atomic mass is 9.83. The van der Waals surface area contributed by atoms with Gasteiger partial charge < -0.3 is 10.2 Å². The number of likely N-dealkylation sites (N-methyl/N-ethyl adjacent to an activating group) is 2. The van der Waals surface area contributed by atoms with Crippen LogP contribution >= 0.6 is 0 Å². The van der Waals surface area contributed by atoms with Gasteiger partial charge in [0.05, 0.1) is 0 Å². The van der Waals surface area contributed by atoms with E-state index in [9.17, 15) is 9.59 Å². The fourth-order valence-corrected chi connectivity index (χ4v) is 3.22. The SMILES string of the molecule is CCNC(CN1C(=O)CN(C)C1=O)C1CCCCC1. The first kappa shape index (κ1) is 14.3. The number of imide groups is 1. The number of hydrogen-bond donors (Lipinski definition) is 1. The third-order valence-corrected chi connectivity index (χ3v) is 4.30. The number of amides is 3. The molecule has 1 aliphatic carbocycles. The first-order chi connectivity index (χ1) is 9.13. The minimum absolute atomic E-state index is 0.0637. The van der Waals surface area contributed by atoms with Crippen molar-refractivity contribution in [3.63, 3.8) is 0 Å². The molecule has 2 rings (SSSR count). The molecular formula is C14H25N3O2. The van der Waals surface area contributed by atoms with Crippen molar-refractivity contribution in [2.45, 2.75) is 45.1 Å². The summed E-state index contributed by atoms with van der Waals surface area (Å²) in [6, 6.07) is 0.105. The highest BCUT2D eigenvalue weighted by Crippen LogP contribution is 2.27. The highest BCUT2D eigenvalue weighted by atomic mass is 16.2. The first-order valence-electron chi connectivity index (χ1n) is 7.42. The molecule has 1 unspecified atom stereocenters. The van der Waals surface area contributed by atoms with Crippen molar-refractivity contribution in [1.29, 1.82) is 0 Å². The van der Waals surface area contributed by atoms with Crippen LogP contribution in [0.3, 0.4) is 0 Å². The second-order valence-corrected chi connectivity index (χ2v) is 5.71. The van der Waals surface area contributed by atoms with E-state index in [0.717, 1.165) is 6.54 Å². The molecule has 2 fully saturated rings. The standard InChI is InChI=1S/C14H25N3O2/c1-3-15-12(11-7-5-4-6-8-11)9-17-13(18)10-16(2)14(17)19/h11-12,15H,3-10H2,1-2H3. The topological polar surface area (TPSA) is 52.7 Å². The van der Waals surface area contributed by atoms with E-state index in [1.165, 1.54) is 41.9 Å². The molecular weight excluding hydrogens is 242 g/mol. The minimum atomic E-state index is -0.149. The summed E-state index contributed by atoms with van der Waals surface area (Å²) in [5.41, 5.74) is 0. The molecule has 5 nitrogen and oxygen atoms in total. The van der Waals surface area contributed by atoms with E-state index in [0.29, 0.717) is 12.5 Å². The van der Waals surface area contributed by atoms with E-state index in [4.69, 9.17) is 0 Å². The van der Waals surface area contributed by atoms with Gasteiger partial charge in [-0.15, -0.1) is 0 Å². The largest absolute Gasteiger partial charge is 0.327 e. The van der Waals surface area contributed by atoms with E-state index in [1.807, 2.05) is 0 Å². The smallest absolute Gasteiger partial charge is 0.318 e. The molecule has 1 saturated heterocycles. The van der Waals surface area contributed by atoms with Crippen LogP contribution in [0, 0.1) is 5.92 Å². The molecule has 108 valence electrons. The molecule has 5 heteroatoms. The van der Waals surface area contributed by atoms with Gasteiger partial charge in [0.15, 0.2) is 0 Å². The van der Waals surface area contributed by atoms with Gasteiger partial charge in [0.1, 0.15) is 6.54 Å². The van der Waals surface area contributed by atoms with Crippen LogP contribution in [-0.2, 0) is 4.79 Å². The number of carbonyl (C=O) groups is 2. The highest BCUT2D eigenvalue weighted by molar-refractivity contribution is 6.01. The summed E-state index contributed by atoms with van der Waals surface area (Å²) in [5, 5.41) is 3.47. The lowest BCUT2D eigenvalue weighted by Gasteiger charge is -2.32. The van der Waals surface area contributed by atoms with Crippen LogP contribution in [0.25, 0.3) is 0 Å². The third kappa shape index (κ3) is 3.26. The summed E-state index contributed by atoms with van der Waals surface area (Å²) in [6.07, 6.45) is 6.29. The van der Waals surface area contributed by atoms with Gasteiger partial charge in [-0.05, 0) is 25.3 Å². The zero-order chi connectivity index (χ0) is 13.8. The fourth-order valence-electron chi connectivity index (χ4n) is 3.22. The maximum atomic E-state index is 11.9. The average Bonchev–Trinajstić information content (AvgIpc) is 2.65. The first-order valence-corrected chi connectivity index (χ1v) is 7.42. The van der Waals surface area contributed by atoms with Crippen molar-refractivity contribution in [2.75, 3.05) is 26.7 Å². The summed E-state index contributed by atoms with van der Waals surface area (Å²) in [4.78, 5) is 26.7. The van der Waals surface area contributed by atoms with Gasteiger partial charge in [-0.3, -0.25) is 9.69 Å². The van der Waals surface area contributed by atoms with Gasteiger partial charge in [0.2, 0.25) is 5.91 Å². The number of rotatable bonds is 5. The summed E-state index contributed by atoms with van der Waals surface area (Å²) in [7, 11) is 1.68. The average molecular weight is 267 g/mol. The summed E-state index contributed by atoms with van der Waals surface area (Å²) >= 11 is 0. The van der Waals surface area contributed by atoms with Gasteiger partial charge in [-0.2, -0.15) is 0 Å². The van der Waals surface area contributed by atoms with Crippen molar-refractivity contribution in [3.05, 3.63) is 0 Å². The Morgan fingerprint density at radius 3 is 2.47 bits per heavy atom. The second kappa shape index (κ2) is 6.37. The maximum absolute atomic E-state index is 11.9. The molecule has 0 aromatic rings. The third-order valence-electron chi connectivity index (χ3n) is 4.30. The Morgan fingerprint density at radius 1 is 1.26 bits per heavy atom. The number of hydrogen-bond acceptors (Lipinski definition) is 3. The molecule has 0 spiro atoms. The fraction of sp³-hybridized carbons (Fsp3) is 0.857.